The van der Waals surface area contributed by atoms with Gasteiger partial charge in [0.05, 0.1) is 4.88 Å². The van der Waals surface area contributed by atoms with Crippen LogP contribution in [-0.4, -0.2) is 22.6 Å². The SMILES string of the molecule is c1ccc(-c2cnc(Nc3cc(CC[C@@H]4CCCN4)ccn3)s2)cc1. The highest BCUT2D eigenvalue weighted by atomic mass is 32.1. The molecule has 2 N–H and O–H groups in total. The third kappa shape index (κ3) is 4.24. The second-order valence-electron chi connectivity index (χ2n) is 6.40. The smallest absolute Gasteiger partial charge is 0.188 e. The predicted octanol–water partition coefficient (Wildman–Crippen LogP) is 4.63. The molecule has 0 aliphatic carbocycles. The minimum atomic E-state index is 0.678. The summed E-state index contributed by atoms with van der Waals surface area (Å²) in [5.41, 5.74) is 2.52. The van der Waals surface area contributed by atoms with Gasteiger partial charge in [0.25, 0.3) is 0 Å². The lowest BCUT2D eigenvalue weighted by molar-refractivity contribution is 0.559. The van der Waals surface area contributed by atoms with E-state index >= 15 is 0 Å². The standard InChI is InChI=1S/C20H22N4S/c1-2-5-16(6-3-1)18-14-23-20(25-18)24-19-13-15(10-12-22-19)8-9-17-7-4-11-21-17/h1-3,5-6,10,12-14,17,21H,4,7-9,11H2,(H,22,23,24)/t17-/m0/s1. The first-order valence-corrected chi connectivity index (χ1v) is 9.65. The van der Waals surface area contributed by atoms with Gasteiger partial charge in [-0.2, -0.15) is 0 Å². The molecule has 0 radical (unpaired) electrons. The Morgan fingerprint density at radius 2 is 2.08 bits per heavy atom. The number of benzene rings is 1. The number of rotatable bonds is 6. The summed E-state index contributed by atoms with van der Waals surface area (Å²) in [6.07, 6.45) is 8.68. The maximum absolute atomic E-state index is 4.48. The van der Waals surface area contributed by atoms with Crippen molar-refractivity contribution in [3.8, 4) is 10.4 Å². The minimum absolute atomic E-state index is 0.678. The van der Waals surface area contributed by atoms with E-state index < -0.39 is 0 Å². The van der Waals surface area contributed by atoms with Gasteiger partial charge in [-0.05, 0) is 55.5 Å². The van der Waals surface area contributed by atoms with Gasteiger partial charge in [-0.25, -0.2) is 9.97 Å². The van der Waals surface area contributed by atoms with Gasteiger partial charge in [0.2, 0.25) is 0 Å². The number of nitrogens with one attached hydrogen (secondary N) is 2. The Kier molecular flexibility index (Phi) is 5.04. The van der Waals surface area contributed by atoms with Crippen LogP contribution < -0.4 is 10.6 Å². The normalized spacial score (nSPS) is 16.9. The molecule has 0 bridgehead atoms. The molecular weight excluding hydrogens is 328 g/mol. The van der Waals surface area contributed by atoms with E-state index in [0.29, 0.717) is 6.04 Å². The van der Waals surface area contributed by atoms with Crippen LogP contribution in [0.5, 0.6) is 0 Å². The van der Waals surface area contributed by atoms with E-state index in [9.17, 15) is 0 Å². The van der Waals surface area contributed by atoms with E-state index in [-0.39, 0.29) is 0 Å². The van der Waals surface area contributed by atoms with E-state index in [2.05, 4.69) is 44.9 Å². The van der Waals surface area contributed by atoms with Crippen LogP contribution >= 0.6 is 11.3 Å². The summed E-state index contributed by atoms with van der Waals surface area (Å²) in [7, 11) is 0. The fourth-order valence-electron chi connectivity index (χ4n) is 3.22. The van der Waals surface area contributed by atoms with E-state index in [1.54, 1.807) is 11.3 Å². The summed E-state index contributed by atoms with van der Waals surface area (Å²) in [4.78, 5) is 10.1. The van der Waals surface area contributed by atoms with Crippen LogP contribution in [0.1, 0.15) is 24.8 Å². The van der Waals surface area contributed by atoms with Gasteiger partial charge in [-0.15, -0.1) is 0 Å². The first-order chi connectivity index (χ1) is 12.4. The molecule has 1 aromatic carbocycles. The highest BCUT2D eigenvalue weighted by Gasteiger charge is 2.13. The largest absolute Gasteiger partial charge is 0.316 e. The maximum atomic E-state index is 4.48. The molecule has 4 rings (SSSR count). The van der Waals surface area contributed by atoms with E-state index in [1.807, 2.05) is 30.6 Å². The quantitative estimate of drug-likeness (QED) is 0.680. The lowest BCUT2D eigenvalue weighted by atomic mass is 10.1. The first kappa shape index (κ1) is 16.2. The Bertz CT molecular complexity index is 809. The van der Waals surface area contributed by atoms with Crippen LogP contribution in [0.25, 0.3) is 10.4 Å². The van der Waals surface area contributed by atoms with Gasteiger partial charge in [-0.3, -0.25) is 0 Å². The molecule has 25 heavy (non-hydrogen) atoms. The molecule has 1 aliphatic heterocycles. The van der Waals surface area contributed by atoms with Gasteiger partial charge in [0.15, 0.2) is 5.13 Å². The minimum Gasteiger partial charge on any atom is -0.316 e. The molecular formula is C20H22N4S. The van der Waals surface area contributed by atoms with Crippen molar-refractivity contribution < 1.29 is 0 Å². The van der Waals surface area contributed by atoms with Gasteiger partial charge in [0, 0.05) is 18.4 Å². The lowest BCUT2D eigenvalue weighted by Crippen LogP contribution is -2.21. The van der Waals surface area contributed by atoms with Crippen molar-refractivity contribution >= 4 is 22.3 Å². The number of thiazole rings is 1. The molecule has 1 saturated heterocycles. The van der Waals surface area contributed by atoms with Gasteiger partial charge >= 0.3 is 0 Å². The molecule has 0 saturated carbocycles. The molecule has 128 valence electrons. The molecule has 1 atom stereocenters. The summed E-state index contributed by atoms with van der Waals surface area (Å²) in [6, 6.07) is 15.3. The van der Waals surface area contributed by atoms with Crippen LogP contribution in [-0.2, 0) is 6.42 Å². The maximum Gasteiger partial charge on any atom is 0.188 e. The van der Waals surface area contributed by atoms with Crippen LogP contribution in [0.2, 0.25) is 0 Å². The monoisotopic (exact) mass is 350 g/mol. The van der Waals surface area contributed by atoms with Crippen molar-refractivity contribution in [1.82, 2.24) is 15.3 Å². The van der Waals surface area contributed by atoms with Crippen LogP contribution in [0.15, 0.2) is 54.9 Å². The molecule has 5 heteroatoms. The molecule has 1 aliphatic rings. The molecule has 1 fully saturated rings. The van der Waals surface area contributed by atoms with Crippen LogP contribution in [0.4, 0.5) is 10.9 Å². The predicted molar refractivity (Wildman–Crippen MR) is 104 cm³/mol. The second kappa shape index (κ2) is 7.76. The average Bonchev–Trinajstić information content (AvgIpc) is 3.33. The highest BCUT2D eigenvalue weighted by Crippen LogP contribution is 2.30. The number of hydrogen-bond acceptors (Lipinski definition) is 5. The molecule has 2 aromatic heterocycles. The molecule has 4 nitrogen and oxygen atoms in total. The van der Waals surface area contributed by atoms with Crippen molar-refractivity contribution in [3.63, 3.8) is 0 Å². The Hall–Kier alpha value is -2.24. The fourth-order valence-corrected chi connectivity index (χ4v) is 4.05. The summed E-state index contributed by atoms with van der Waals surface area (Å²) in [5.74, 6) is 0.867. The van der Waals surface area contributed by atoms with E-state index in [1.165, 1.54) is 36.9 Å². The highest BCUT2D eigenvalue weighted by molar-refractivity contribution is 7.18. The molecule has 0 unspecified atom stereocenters. The van der Waals surface area contributed by atoms with Crippen LogP contribution in [0, 0.1) is 0 Å². The number of pyridine rings is 1. The van der Waals surface area contributed by atoms with Gasteiger partial charge in [0.1, 0.15) is 5.82 Å². The summed E-state index contributed by atoms with van der Waals surface area (Å²) >= 11 is 1.65. The Labute approximate surface area is 152 Å². The van der Waals surface area contributed by atoms with Crippen LogP contribution in [0.3, 0.4) is 0 Å². The Morgan fingerprint density at radius 1 is 1.16 bits per heavy atom. The van der Waals surface area contributed by atoms with Crippen molar-refractivity contribution in [2.75, 3.05) is 11.9 Å². The van der Waals surface area contributed by atoms with Gasteiger partial charge < -0.3 is 10.6 Å². The van der Waals surface area contributed by atoms with E-state index in [0.717, 1.165) is 22.2 Å². The van der Waals surface area contributed by atoms with E-state index in [4.69, 9.17) is 0 Å². The molecule has 3 aromatic rings. The Balaban J connectivity index is 1.40. The average molecular weight is 350 g/mol. The first-order valence-electron chi connectivity index (χ1n) is 8.83. The molecule has 0 amide bonds. The third-order valence-electron chi connectivity index (χ3n) is 4.57. The molecule has 0 spiro atoms. The molecule has 3 heterocycles. The zero-order chi connectivity index (χ0) is 16.9. The summed E-state index contributed by atoms with van der Waals surface area (Å²) < 4.78 is 0. The lowest BCUT2D eigenvalue weighted by Gasteiger charge is -2.10. The number of nitrogens with zero attached hydrogens (tertiary/aromatic N) is 2. The topological polar surface area (TPSA) is 49.8 Å². The number of aryl methyl sites for hydroxylation is 1. The summed E-state index contributed by atoms with van der Waals surface area (Å²) in [5, 5.41) is 7.78. The number of hydrogen-bond donors (Lipinski definition) is 2. The third-order valence-corrected chi connectivity index (χ3v) is 5.53. The van der Waals surface area contributed by atoms with Crippen molar-refractivity contribution in [2.45, 2.75) is 31.7 Å². The number of aromatic nitrogens is 2. The zero-order valence-corrected chi connectivity index (χ0v) is 14.9. The van der Waals surface area contributed by atoms with Crippen molar-refractivity contribution in [2.24, 2.45) is 0 Å². The number of anilines is 2. The van der Waals surface area contributed by atoms with Crippen molar-refractivity contribution in [3.05, 3.63) is 60.4 Å². The van der Waals surface area contributed by atoms with Gasteiger partial charge in [-0.1, -0.05) is 41.7 Å². The fraction of sp³-hybridized carbons (Fsp3) is 0.300. The van der Waals surface area contributed by atoms with Crippen molar-refractivity contribution in [1.29, 1.82) is 0 Å². The zero-order valence-electron chi connectivity index (χ0n) is 14.1. The Morgan fingerprint density at radius 3 is 2.92 bits per heavy atom. The second-order valence-corrected chi connectivity index (χ2v) is 7.43. The summed E-state index contributed by atoms with van der Waals surface area (Å²) in [6.45, 7) is 1.17.